The van der Waals surface area contributed by atoms with Gasteiger partial charge in [-0.3, -0.25) is 0 Å². The van der Waals surface area contributed by atoms with Crippen molar-refractivity contribution in [1.29, 1.82) is 0 Å². The smallest absolute Gasteiger partial charge is 0.0943 e. The van der Waals surface area contributed by atoms with Crippen LogP contribution in [0.3, 0.4) is 0 Å². The number of likely N-dealkylation sites (N-methyl/N-ethyl adjacent to an activating group) is 1. The molecule has 0 bridgehead atoms. The van der Waals surface area contributed by atoms with Crippen molar-refractivity contribution in [3.8, 4) is 0 Å². The van der Waals surface area contributed by atoms with Crippen LogP contribution in [-0.2, 0) is 12.8 Å². The fourth-order valence-electron chi connectivity index (χ4n) is 2.78. The van der Waals surface area contributed by atoms with Crippen molar-refractivity contribution in [3.05, 3.63) is 16.1 Å². The highest BCUT2D eigenvalue weighted by molar-refractivity contribution is 7.09. The van der Waals surface area contributed by atoms with Gasteiger partial charge in [-0.2, -0.15) is 0 Å². The van der Waals surface area contributed by atoms with E-state index in [2.05, 4.69) is 17.2 Å². The standard InChI is InChI=1S/C14H25N3S/c1-3-17-7-5-4-6-13(17)9-14-16-12(10-18-14)8-11(2)15/h10-11,13H,3-9,15H2,1-2H3. The second-order valence-electron chi connectivity index (χ2n) is 5.40. The molecule has 1 aromatic rings. The summed E-state index contributed by atoms with van der Waals surface area (Å²) in [4.78, 5) is 7.33. The van der Waals surface area contributed by atoms with E-state index in [0.717, 1.165) is 12.8 Å². The summed E-state index contributed by atoms with van der Waals surface area (Å²) in [6, 6.07) is 0.917. The molecule has 1 saturated heterocycles. The Balaban J connectivity index is 1.93. The monoisotopic (exact) mass is 267 g/mol. The molecule has 0 spiro atoms. The fraction of sp³-hybridized carbons (Fsp3) is 0.786. The summed E-state index contributed by atoms with van der Waals surface area (Å²) in [5.74, 6) is 0. The lowest BCUT2D eigenvalue weighted by atomic mass is 10.00. The topological polar surface area (TPSA) is 42.2 Å². The van der Waals surface area contributed by atoms with Gasteiger partial charge < -0.3 is 10.6 Å². The summed E-state index contributed by atoms with van der Waals surface area (Å²) in [7, 11) is 0. The largest absolute Gasteiger partial charge is 0.328 e. The van der Waals surface area contributed by atoms with Crippen molar-refractivity contribution in [2.45, 2.75) is 58.0 Å². The minimum absolute atomic E-state index is 0.210. The van der Waals surface area contributed by atoms with Crippen molar-refractivity contribution < 1.29 is 0 Å². The van der Waals surface area contributed by atoms with E-state index in [-0.39, 0.29) is 6.04 Å². The van der Waals surface area contributed by atoms with Crippen molar-refractivity contribution in [1.82, 2.24) is 9.88 Å². The molecule has 0 radical (unpaired) electrons. The molecule has 2 heterocycles. The van der Waals surface area contributed by atoms with Crippen LogP contribution >= 0.6 is 11.3 Å². The minimum Gasteiger partial charge on any atom is -0.328 e. The molecule has 1 fully saturated rings. The second-order valence-corrected chi connectivity index (χ2v) is 6.34. The van der Waals surface area contributed by atoms with Gasteiger partial charge in [0.1, 0.15) is 0 Å². The molecule has 1 aromatic heterocycles. The van der Waals surface area contributed by atoms with E-state index in [1.54, 1.807) is 11.3 Å². The van der Waals surface area contributed by atoms with Crippen LogP contribution in [0, 0.1) is 0 Å². The van der Waals surface area contributed by atoms with Crippen LogP contribution in [-0.4, -0.2) is 35.1 Å². The van der Waals surface area contributed by atoms with E-state index in [1.807, 2.05) is 6.92 Å². The average Bonchev–Trinajstić information content (AvgIpc) is 2.76. The molecule has 4 heteroatoms. The van der Waals surface area contributed by atoms with Gasteiger partial charge in [0.2, 0.25) is 0 Å². The van der Waals surface area contributed by atoms with Gasteiger partial charge in [0.15, 0.2) is 0 Å². The number of hydrogen-bond donors (Lipinski definition) is 1. The third-order valence-corrected chi connectivity index (χ3v) is 4.62. The number of thiazole rings is 1. The number of hydrogen-bond acceptors (Lipinski definition) is 4. The summed E-state index contributed by atoms with van der Waals surface area (Å²) in [5.41, 5.74) is 6.99. The zero-order chi connectivity index (χ0) is 13.0. The third-order valence-electron chi connectivity index (χ3n) is 3.70. The highest BCUT2D eigenvalue weighted by atomic mass is 32.1. The lowest BCUT2D eigenvalue weighted by Crippen LogP contribution is -2.40. The van der Waals surface area contributed by atoms with Gasteiger partial charge in [-0.1, -0.05) is 13.3 Å². The van der Waals surface area contributed by atoms with E-state index in [1.165, 1.54) is 43.1 Å². The lowest BCUT2D eigenvalue weighted by molar-refractivity contribution is 0.155. The van der Waals surface area contributed by atoms with Gasteiger partial charge in [0.25, 0.3) is 0 Å². The predicted octanol–water partition coefficient (Wildman–Crippen LogP) is 2.45. The number of piperidine rings is 1. The summed E-state index contributed by atoms with van der Waals surface area (Å²) >= 11 is 1.80. The van der Waals surface area contributed by atoms with E-state index in [9.17, 15) is 0 Å². The van der Waals surface area contributed by atoms with Gasteiger partial charge in [-0.25, -0.2) is 4.98 Å². The Morgan fingerprint density at radius 1 is 1.56 bits per heavy atom. The molecule has 0 aliphatic carbocycles. The predicted molar refractivity (Wildman–Crippen MR) is 78.1 cm³/mol. The average molecular weight is 267 g/mol. The quantitative estimate of drug-likeness (QED) is 0.891. The highest BCUT2D eigenvalue weighted by Gasteiger charge is 2.22. The molecule has 2 rings (SSSR count). The first-order valence-electron chi connectivity index (χ1n) is 7.12. The minimum atomic E-state index is 0.210. The third kappa shape index (κ3) is 3.77. The molecule has 3 nitrogen and oxygen atoms in total. The number of likely N-dealkylation sites (tertiary alicyclic amines) is 1. The number of rotatable bonds is 5. The Morgan fingerprint density at radius 3 is 3.11 bits per heavy atom. The molecule has 2 atom stereocenters. The molecule has 0 aromatic carbocycles. The molecule has 1 aliphatic heterocycles. The van der Waals surface area contributed by atoms with E-state index >= 15 is 0 Å². The Kier molecular flexibility index (Phi) is 5.15. The molecule has 1 aliphatic rings. The Bertz CT molecular complexity index is 362. The molecule has 2 N–H and O–H groups in total. The van der Waals surface area contributed by atoms with Gasteiger partial charge in [0.05, 0.1) is 10.7 Å². The molecule has 2 unspecified atom stereocenters. The van der Waals surface area contributed by atoms with E-state index in [4.69, 9.17) is 10.7 Å². The molecule has 0 saturated carbocycles. The van der Waals surface area contributed by atoms with Gasteiger partial charge in [-0.05, 0) is 32.9 Å². The molecule has 18 heavy (non-hydrogen) atoms. The van der Waals surface area contributed by atoms with Crippen LogP contribution in [0.25, 0.3) is 0 Å². The fourth-order valence-corrected chi connectivity index (χ4v) is 3.65. The normalized spacial score (nSPS) is 23.2. The Morgan fingerprint density at radius 2 is 2.39 bits per heavy atom. The zero-order valence-corrected chi connectivity index (χ0v) is 12.4. The number of nitrogens with two attached hydrogens (primary N) is 1. The van der Waals surface area contributed by atoms with E-state index in [0.29, 0.717) is 6.04 Å². The first kappa shape index (κ1) is 14.0. The summed E-state index contributed by atoms with van der Waals surface area (Å²) in [5, 5.41) is 3.47. The lowest BCUT2D eigenvalue weighted by Gasteiger charge is -2.34. The molecule has 0 amide bonds. The Labute approximate surface area is 114 Å². The molecular weight excluding hydrogens is 242 g/mol. The van der Waals surface area contributed by atoms with Crippen LogP contribution < -0.4 is 5.73 Å². The van der Waals surface area contributed by atoms with Crippen LogP contribution in [0.2, 0.25) is 0 Å². The zero-order valence-electron chi connectivity index (χ0n) is 11.6. The van der Waals surface area contributed by atoms with Gasteiger partial charge in [0, 0.05) is 30.3 Å². The second kappa shape index (κ2) is 6.64. The van der Waals surface area contributed by atoms with Crippen LogP contribution in [0.1, 0.15) is 43.8 Å². The first-order valence-corrected chi connectivity index (χ1v) is 8.00. The summed E-state index contributed by atoms with van der Waals surface area (Å²) < 4.78 is 0. The van der Waals surface area contributed by atoms with Crippen molar-refractivity contribution >= 4 is 11.3 Å². The number of aromatic nitrogens is 1. The maximum absolute atomic E-state index is 5.82. The first-order chi connectivity index (χ1) is 8.69. The molecule has 102 valence electrons. The maximum atomic E-state index is 5.82. The SMILES string of the molecule is CCN1CCCCC1Cc1nc(CC(C)N)cs1. The van der Waals surface area contributed by atoms with Crippen molar-refractivity contribution in [3.63, 3.8) is 0 Å². The van der Waals surface area contributed by atoms with Crippen LogP contribution in [0.4, 0.5) is 0 Å². The summed E-state index contributed by atoms with van der Waals surface area (Å²) in [6.45, 7) is 6.74. The highest BCUT2D eigenvalue weighted by Crippen LogP contribution is 2.22. The summed E-state index contributed by atoms with van der Waals surface area (Å²) in [6.07, 6.45) is 6.09. The van der Waals surface area contributed by atoms with E-state index < -0.39 is 0 Å². The molecular formula is C14H25N3S. The maximum Gasteiger partial charge on any atom is 0.0943 e. The number of nitrogens with zero attached hydrogens (tertiary/aromatic N) is 2. The van der Waals surface area contributed by atoms with Gasteiger partial charge in [-0.15, -0.1) is 11.3 Å². The van der Waals surface area contributed by atoms with Crippen LogP contribution in [0.15, 0.2) is 5.38 Å². The van der Waals surface area contributed by atoms with Crippen LogP contribution in [0.5, 0.6) is 0 Å². The van der Waals surface area contributed by atoms with Gasteiger partial charge >= 0.3 is 0 Å². The Hall–Kier alpha value is -0.450. The van der Waals surface area contributed by atoms with Crippen molar-refractivity contribution in [2.75, 3.05) is 13.1 Å². The van der Waals surface area contributed by atoms with Crippen molar-refractivity contribution in [2.24, 2.45) is 5.73 Å².